The first-order valence-electron chi connectivity index (χ1n) is 11.0. The van der Waals surface area contributed by atoms with Gasteiger partial charge in [-0.1, -0.05) is 48.6 Å². The third-order valence-electron chi connectivity index (χ3n) is 6.61. The van der Waals surface area contributed by atoms with Crippen LogP contribution >= 0.6 is 11.3 Å². The van der Waals surface area contributed by atoms with Crippen molar-refractivity contribution in [2.45, 2.75) is 13.3 Å². The normalized spacial score (nSPS) is 23.1. The molecule has 6 nitrogen and oxygen atoms in total. The van der Waals surface area contributed by atoms with Crippen LogP contribution in [0.25, 0.3) is 21.9 Å². The van der Waals surface area contributed by atoms with Crippen molar-refractivity contribution in [3.05, 3.63) is 65.6 Å². The average Bonchev–Trinajstić information content (AvgIpc) is 3.53. The summed E-state index contributed by atoms with van der Waals surface area (Å²) in [6.45, 7) is 1.94. The van der Waals surface area contributed by atoms with E-state index < -0.39 is 23.8 Å². The summed E-state index contributed by atoms with van der Waals surface area (Å²) in [6, 6.07) is 13.9. The zero-order valence-corrected chi connectivity index (χ0v) is 18.8. The molecule has 4 unspecified atom stereocenters. The number of benzene rings is 2. The van der Waals surface area contributed by atoms with Crippen molar-refractivity contribution in [2.75, 3.05) is 11.9 Å². The van der Waals surface area contributed by atoms with E-state index in [9.17, 15) is 19.5 Å². The standard InChI is InChI=1S/C26H23NO5S/c1-2-32-26(31)22-19(16-8-7-14-5-3-4-6-15(14)11-16)13-33-24(22)27-23(28)20-17-9-10-18(12-17)21(20)25(29)30/h3-11,13,17-18,20-21H,2,12H2,1H3,(H,27,28)(H,29,30). The number of carboxylic acid groups (broad SMARTS) is 1. The molecule has 2 N–H and O–H groups in total. The molecule has 2 aliphatic rings. The molecule has 2 aliphatic carbocycles. The molecule has 1 heterocycles. The number of nitrogens with one attached hydrogen (secondary N) is 1. The number of fused-ring (bicyclic) bond motifs is 3. The molecular weight excluding hydrogens is 438 g/mol. The number of ether oxygens (including phenoxy) is 1. The van der Waals surface area contributed by atoms with Crippen molar-refractivity contribution in [1.82, 2.24) is 0 Å². The Hall–Kier alpha value is -3.45. The van der Waals surface area contributed by atoms with Gasteiger partial charge in [-0.05, 0) is 47.6 Å². The third kappa shape index (κ3) is 3.72. The van der Waals surface area contributed by atoms with Gasteiger partial charge in [0.1, 0.15) is 10.6 Å². The largest absolute Gasteiger partial charge is 0.481 e. The average molecular weight is 462 g/mol. The second-order valence-corrected chi connectivity index (χ2v) is 9.34. The van der Waals surface area contributed by atoms with Crippen LogP contribution in [-0.4, -0.2) is 29.6 Å². The molecule has 33 heavy (non-hydrogen) atoms. The van der Waals surface area contributed by atoms with Crippen LogP contribution in [0.5, 0.6) is 0 Å². The molecule has 1 saturated carbocycles. The first-order chi connectivity index (χ1) is 16.0. The lowest BCUT2D eigenvalue weighted by Crippen LogP contribution is -2.36. The van der Waals surface area contributed by atoms with Crippen molar-refractivity contribution in [2.24, 2.45) is 23.7 Å². The van der Waals surface area contributed by atoms with E-state index in [-0.39, 0.29) is 24.3 Å². The SMILES string of the molecule is CCOC(=O)c1c(-c2ccc3ccccc3c2)csc1NC(=O)C1C2C=CC(C2)C1C(=O)O. The zero-order valence-electron chi connectivity index (χ0n) is 18.0. The Morgan fingerprint density at radius 1 is 1.06 bits per heavy atom. The third-order valence-corrected chi connectivity index (χ3v) is 7.51. The first kappa shape index (κ1) is 21.4. The van der Waals surface area contributed by atoms with Gasteiger partial charge in [-0.25, -0.2) is 4.79 Å². The quantitative estimate of drug-likeness (QED) is 0.388. The molecular formula is C26H23NO5S. The summed E-state index contributed by atoms with van der Waals surface area (Å²) < 4.78 is 5.30. The van der Waals surface area contributed by atoms with Gasteiger partial charge in [0.2, 0.25) is 5.91 Å². The molecule has 2 bridgehead atoms. The zero-order chi connectivity index (χ0) is 23.1. The number of amides is 1. The summed E-state index contributed by atoms with van der Waals surface area (Å²) in [7, 11) is 0. The van der Waals surface area contributed by atoms with Gasteiger partial charge in [-0.2, -0.15) is 0 Å². The second-order valence-electron chi connectivity index (χ2n) is 8.46. The number of esters is 1. The minimum atomic E-state index is -0.958. The predicted molar refractivity (Wildman–Crippen MR) is 127 cm³/mol. The highest BCUT2D eigenvalue weighted by atomic mass is 32.1. The summed E-state index contributed by atoms with van der Waals surface area (Å²) in [4.78, 5) is 38.0. The summed E-state index contributed by atoms with van der Waals surface area (Å²) in [6.07, 6.45) is 4.52. The van der Waals surface area contributed by atoms with E-state index >= 15 is 0 Å². The molecule has 0 radical (unpaired) electrons. The van der Waals surface area contributed by atoms with Gasteiger partial charge in [0.25, 0.3) is 0 Å². The van der Waals surface area contributed by atoms with Crippen molar-refractivity contribution in [3.63, 3.8) is 0 Å². The summed E-state index contributed by atoms with van der Waals surface area (Å²) in [5.41, 5.74) is 1.83. The second kappa shape index (κ2) is 8.48. The van der Waals surface area contributed by atoms with Gasteiger partial charge in [0.05, 0.1) is 18.4 Å². The van der Waals surface area contributed by atoms with E-state index in [2.05, 4.69) is 5.32 Å². The Morgan fingerprint density at radius 3 is 2.52 bits per heavy atom. The molecule has 1 amide bonds. The van der Waals surface area contributed by atoms with Crippen LogP contribution in [0.3, 0.4) is 0 Å². The van der Waals surface area contributed by atoms with Gasteiger partial charge in [0.15, 0.2) is 0 Å². The molecule has 0 saturated heterocycles. The van der Waals surface area contributed by atoms with Crippen molar-refractivity contribution >= 4 is 45.0 Å². The summed E-state index contributed by atoms with van der Waals surface area (Å²) in [5, 5.41) is 16.9. The molecule has 5 rings (SSSR count). The van der Waals surface area contributed by atoms with E-state index in [4.69, 9.17) is 4.74 Å². The highest BCUT2D eigenvalue weighted by molar-refractivity contribution is 7.15. The molecule has 1 aromatic heterocycles. The number of thiophene rings is 1. The molecule has 4 atom stereocenters. The van der Waals surface area contributed by atoms with Gasteiger partial charge in [-0.15, -0.1) is 11.3 Å². The van der Waals surface area contributed by atoms with Crippen LogP contribution < -0.4 is 5.32 Å². The van der Waals surface area contributed by atoms with E-state index in [0.717, 1.165) is 16.3 Å². The molecule has 1 fully saturated rings. The number of hydrogen-bond acceptors (Lipinski definition) is 5. The number of carbonyl (C=O) groups is 3. The number of rotatable bonds is 6. The maximum Gasteiger partial charge on any atom is 0.341 e. The number of aliphatic carboxylic acids is 1. The number of allylic oxidation sites excluding steroid dienone is 2. The Labute approximate surface area is 194 Å². The van der Waals surface area contributed by atoms with Crippen molar-refractivity contribution in [1.29, 1.82) is 0 Å². The van der Waals surface area contributed by atoms with Crippen LogP contribution in [-0.2, 0) is 14.3 Å². The van der Waals surface area contributed by atoms with Crippen LogP contribution in [0, 0.1) is 23.7 Å². The van der Waals surface area contributed by atoms with E-state index in [1.54, 1.807) is 6.92 Å². The smallest absolute Gasteiger partial charge is 0.341 e. The number of hydrogen-bond donors (Lipinski definition) is 2. The number of carbonyl (C=O) groups excluding carboxylic acids is 2. The van der Waals surface area contributed by atoms with Gasteiger partial charge >= 0.3 is 11.9 Å². The topological polar surface area (TPSA) is 92.7 Å². The van der Waals surface area contributed by atoms with E-state index in [0.29, 0.717) is 22.5 Å². The minimum absolute atomic E-state index is 0.0953. The monoisotopic (exact) mass is 461 g/mol. The van der Waals surface area contributed by atoms with Crippen molar-refractivity contribution in [3.8, 4) is 11.1 Å². The summed E-state index contributed by atoms with van der Waals surface area (Å²) >= 11 is 1.25. The van der Waals surface area contributed by atoms with Crippen LogP contribution in [0.1, 0.15) is 23.7 Å². The Kier molecular flexibility index (Phi) is 5.50. The molecule has 2 aromatic carbocycles. The maximum atomic E-state index is 13.2. The predicted octanol–water partition coefficient (Wildman–Crippen LogP) is 5.21. The van der Waals surface area contributed by atoms with Gasteiger partial charge in [0, 0.05) is 10.9 Å². The minimum Gasteiger partial charge on any atom is -0.481 e. The lowest BCUT2D eigenvalue weighted by molar-refractivity contribution is -0.146. The Morgan fingerprint density at radius 2 is 1.79 bits per heavy atom. The van der Waals surface area contributed by atoms with Crippen LogP contribution in [0.2, 0.25) is 0 Å². The number of anilines is 1. The first-order valence-corrected chi connectivity index (χ1v) is 11.9. The van der Waals surface area contributed by atoms with E-state index in [1.807, 2.05) is 60.0 Å². The van der Waals surface area contributed by atoms with Gasteiger partial charge < -0.3 is 15.2 Å². The Bertz CT molecular complexity index is 1290. The lowest BCUT2D eigenvalue weighted by atomic mass is 9.82. The van der Waals surface area contributed by atoms with E-state index in [1.165, 1.54) is 11.3 Å². The molecule has 0 spiro atoms. The molecule has 0 aliphatic heterocycles. The van der Waals surface area contributed by atoms with Crippen molar-refractivity contribution < 1.29 is 24.2 Å². The fourth-order valence-electron chi connectivity index (χ4n) is 5.14. The highest BCUT2D eigenvalue weighted by Gasteiger charge is 2.51. The fourth-order valence-corrected chi connectivity index (χ4v) is 6.10. The maximum absolute atomic E-state index is 13.2. The Balaban J connectivity index is 1.51. The lowest BCUT2D eigenvalue weighted by Gasteiger charge is -2.23. The molecule has 3 aromatic rings. The van der Waals surface area contributed by atoms with Crippen LogP contribution in [0.4, 0.5) is 5.00 Å². The highest BCUT2D eigenvalue weighted by Crippen LogP contribution is 2.49. The fraction of sp³-hybridized carbons (Fsp3) is 0.269. The number of carboxylic acids is 1. The molecule has 7 heteroatoms. The summed E-state index contributed by atoms with van der Waals surface area (Å²) in [5.74, 6) is -3.45. The van der Waals surface area contributed by atoms with Crippen LogP contribution in [0.15, 0.2) is 60.0 Å². The van der Waals surface area contributed by atoms with Gasteiger partial charge in [-0.3, -0.25) is 9.59 Å². The molecule has 168 valence electrons.